The number of ether oxygens (including phenoxy) is 1. The van der Waals surface area contributed by atoms with Crippen LogP contribution in [0.4, 0.5) is 14.4 Å². The lowest BCUT2D eigenvalue weighted by atomic mass is 10.2. The molecule has 0 saturated heterocycles. The molecule has 0 aliphatic carbocycles. The van der Waals surface area contributed by atoms with E-state index in [9.17, 15) is 17.1 Å². The van der Waals surface area contributed by atoms with Crippen molar-refractivity contribution < 1.29 is 21.8 Å². The van der Waals surface area contributed by atoms with Crippen LogP contribution >= 0.6 is 11.6 Å². The largest absolute Gasteiger partial charge is 0.444 e. The molecule has 0 atom stereocenters. The quantitative estimate of drug-likeness (QED) is 0.850. The molecule has 106 valence electrons. The summed E-state index contributed by atoms with van der Waals surface area (Å²) in [5.41, 5.74) is -1.04. The van der Waals surface area contributed by atoms with Gasteiger partial charge in [-0.05, 0) is 39.0 Å². The van der Waals surface area contributed by atoms with Crippen molar-refractivity contribution >= 4 is 33.6 Å². The van der Waals surface area contributed by atoms with Gasteiger partial charge in [-0.15, -0.1) is 3.89 Å². The third-order valence-corrected chi connectivity index (χ3v) is 2.96. The fraction of sp³-hybridized carbons (Fsp3) is 0.364. The minimum Gasteiger partial charge on any atom is -0.444 e. The third-order valence-electron chi connectivity index (χ3n) is 1.84. The summed E-state index contributed by atoms with van der Waals surface area (Å²) in [6, 6.07) is 3.29. The number of halogens is 2. The number of nitrogens with one attached hydrogen (secondary N) is 1. The van der Waals surface area contributed by atoms with Crippen LogP contribution in [-0.4, -0.2) is 20.1 Å². The topological polar surface area (TPSA) is 72.5 Å². The second-order valence-electron chi connectivity index (χ2n) is 4.71. The van der Waals surface area contributed by atoms with Gasteiger partial charge in [-0.1, -0.05) is 11.6 Å². The second-order valence-corrected chi connectivity index (χ2v) is 6.46. The Hall–Kier alpha value is -1.34. The van der Waals surface area contributed by atoms with Gasteiger partial charge < -0.3 is 4.74 Å². The van der Waals surface area contributed by atoms with E-state index in [2.05, 4.69) is 5.32 Å². The molecule has 0 aliphatic rings. The molecule has 1 N–H and O–H groups in total. The van der Waals surface area contributed by atoms with Crippen LogP contribution in [0.5, 0.6) is 0 Å². The molecule has 0 heterocycles. The van der Waals surface area contributed by atoms with E-state index in [4.69, 9.17) is 16.3 Å². The van der Waals surface area contributed by atoms with E-state index < -0.39 is 26.8 Å². The number of rotatable bonds is 2. The lowest BCUT2D eigenvalue weighted by Crippen LogP contribution is -2.27. The van der Waals surface area contributed by atoms with Crippen LogP contribution in [0.3, 0.4) is 0 Å². The van der Waals surface area contributed by atoms with Gasteiger partial charge in [-0.3, -0.25) is 5.32 Å². The van der Waals surface area contributed by atoms with Gasteiger partial charge in [0, 0.05) is 5.02 Å². The Morgan fingerprint density at radius 2 is 1.95 bits per heavy atom. The summed E-state index contributed by atoms with van der Waals surface area (Å²) in [5, 5.41) is 2.30. The summed E-state index contributed by atoms with van der Waals surface area (Å²) >= 11 is 5.67. The zero-order valence-corrected chi connectivity index (χ0v) is 12.1. The predicted octanol–water partition coefficient (Wildman–Crippen LogP) is 3.35. The molecule has 19 heavy (non-hydrogen) atoms. The number of hydrogen-bond acceptors (Lipinski definition) is 4. The lowest BCUT2D eigenvalue weighted by molar-refractivity contribution is 0.0635. The van der Waals surface area contributed by atoms with Crippen molar-refractivity contribution in [1.82, 2.24) is 0 Å². The molecule has 0 saturated carbocycles. The number of carbonyl (C=O) groups is 1. The van der Waals surface area contributed by atoms with Crippen molar-refractivity contribution in [1.29, 1.82) is 0 Å². The zero-order valence-electron chi connectivity index (χ0n) is 10.5. The zero-order chi connectivity index (χ0) is 14.8. The summed E-state index contributed by atoms with van der Waals surface area (Å²) < 4.78 is 39.8. The van der Waals surface area contributed by atoms with Gasteiger partial charge in [0.15, 0.2) is 0 Å². The molecule has 1 rings (SSSR count). The van der Waals surface area contributed by atoms with Crippen LogP contribution in [0.25, 0.3) is 0 Å². The summed E-state index contributed by atoms with van der Waals surface area (Å²) in [5.74, 6) is 0. The van der Waals surface area contributed by atoms with E-state index in [0.29, 0.717) is 0 Å². The average molecular weight is 310 g/mol. The van der Waals surface area contributed by atoms with Crippen LogP contribution in [0.1, 0.15) is 20.8 Å². The predicted molar refractivity (Wildman–Crippen MR) is 69.6 cm³/mol. The molecule has 1 aromatic rings. The van der Waals surface area contributed by atoms with E-state index in [1.807, 2.05) is 0 Å². The summed E-state index contributed by atoms with van der Waals surface area (Å²) in [6.07, 6.45) is -0.903. The first-order chi connectivity index (χ1) is 8.49. The van der Waals surface area contributed by atoms with Crippen LogP contribution in [0, 0.1) is 0 Å². The van der Waals surface area contributed by atoms with Gasteiger partial charge in [-0.2, -0.15) is 8.42 Å². The Balaban J connectivity index is 3.07. The number of benzene rings is 1. The average Bonchev–Trinajstić information content (AvgIpc) is 2.11. The molecular formula is C11H13ClFNO4S. The van der Waals surface area contributed by atoms with Gasteiger partial charge in [0.25, 0.3) is 0 Å². The molecule has 0 spiro atoms. The highest BCUT2D eigenvalue weighted by Crippen LogP contribution is 2.27. The maximum absolute atomic E-state index is 13.0. The van der Waals surface area contributed by atoms with Crippen LogP contribution < -0.4 is 5.32 Å². The molecule has 0 fully saturated rings. The molecule has 0 unspecified atom stereocenters. The van der Waals surface area contributed by atoms with Crippen molar-refractivity contribution in [3.05, 3.63) is 23.2 Å². The smallest absolute Gasteiger partial charge is 0.412 e. The van der Waals surface area contributed by atoms with Crippen molar-refractivity contribution in [3.63, 3.8) is 0 Å². The maximum Gasteiger partial charge on any atom is 0.412 e. The highest BCUT2D eigenvalue weighted by Gasteiger charge is 2.22. The lowest BCUT2D eigenvalue weighted by Gasteiger charge is -2.20. The van der Waals surface area contributed by atoms with E-state index >= 15 is 0 Å². The first kappa shape index (κ1) is 15.7. The molecule has 0 aliphatic heterocycles. The molecular weight excluding hydrogens is 297 g/mol. The van der Waals surface area contributed by atoms with Gasteiger partial charge >= 0.3 is 16.3 Å². The molecule has 8 heteroatoms. The minimum absolute atomic E-state index is 0.151. The first-order valence-electron chi connectivity index (χ1n) is 5.23. The second kappa shape index (κ2) is 5.34. The molecule has 1 amide bonds. The van der Waals surface area contributed by atoms with Crippen molar-refractivity contribution in [2.24, 2.45) is 0 Å². The molecule has 0 bridgehead atoms. The highest BCUT2D eigenvalue weighted by atomic mass is 35.5. The molecule has 0 radical (unpaired) electrons. The van der Waals surface area contributed by atoms with Crippen molar-refractivity contribution in [2.45, 2.75) is 31.3 Å². The van der Waals surface area contributed by atoms with Crippen LogP contribution in [0.15, 0.2) is 23.1 Å². The van der Waals surface area contributed by atoms with Crippen molar-refractivity contribution in [2.75, 3.05) is 5.32 Å². The molecule has 1 aromatic carbocycles. The molecule has 0 aromatic heterocycles. The van der Waals surface area contributed by atoms with E-state index in [0.717, 1.165) is 12.1 Å². The van der Waals surface area contributed by atoms with Crippen LogP contribution in [-0.2, 0) is 15.0 Å². The minimum atomic E-state index is -4.97. The Labute approximate surface area is 115 Å². The Morgan fingerprint density at radius 3 is 2.42 bits per heavy atom. The standard InChI is InChI=1S/C11H13ClFNO4S/c1-11(2,3)18-10(15)14-8-6-7(12)4-5-9(8)19(13,16)17/h4-6H,1-3H3,(H,14,15). The SMILES string of the molecule is CC(C)(C)OC(=O)Nc1cc(Cl)ccc1S(=O)(=O)F. The Bertz CT molecular complexity index is 595. The molecule has 5 nitrogen and oxygen atoms in total. The Kier molecular flexibility index (Phi) is 4.42. The third kappa shape index (κ3) is 5.04. The maximum atomic E-state index is 13.0. The highest BCUT2D eigenvalue weighted by molar-refractivity contribution is 7.86. The number of carbonyl (C=O) groups excluding carboxylic acids is 1. The number of anilines is 1. The normalized spacial score (nSPS) is 12.1. The van der Waals surface area contributed by atoms with Gasteiger partial charge in [0.1, 0.15) is 10.5 Å². The number of hydrogen-bond donors (Lipinski definition) is 1. The monoisotopic (exact) mass is 309 g/mol. The summed E-state index contributed by atoms with van der Waals surface area (Å²) in [6.45, 7) is 4.91. The van der Waals surface area contributed by atoms with Crippen LogP contribution in [0.2, 0.25) is 5.02 Å². The van der Waals surface area contributed by atoms with Crippen molar-refractivity contribution in [3.8, 4) is 0 Å². The van der Waals surface area contributed by atoms with Gasteiger partial charge in [0.05, 0.1) is 5.69 Å². The summed E-state index contributed by atoms with van der Waals surface area (Å²) in [4.78, 5) is 10.8. The van der Waals surface area contributed by atoms with Gasteiger partial charge in [0.2, 0.25) is 0 Å². The number of amides is 1. The van der Waals surface area contributed by atoms with Gasteiger partial charge in [-0.25, -0.2) is 4.79 Å². The van der Waals surface area contributed by atoms with E-state index in [1.54, 1.807) is 20.8 Å². The fourth-order valence-electron chi connectivity index (χ4n) is 1.23. The fourth-order valence-corrected chi connectivity index (χ4v) is 2.00. The van der Waals surface area contributed by atoms with E-state index in [-0.39, 0.29) is 10.7 Å². The summed E-state index contributed by atoms with van der Waals surface area (Å²) in [7, 11) is -4.97. The Morgan fingerprint density at radius 1 is 1.37 bits per heavy atom. The van der Waals surface area contributed by atoms with E-state index in [1.165, 1.54) is 6.07 Å². The first-order valence-corrected chi connectivity index (χ1v) is 6.99.